The largest absolute Gasteiger partial charge is 0.375 e. The number of amides is 1. The van der Waals surface area contributed by atoms with E-state index in [0.29, 0.717) is 42.3 Å². The van der Waals surface area contributed by atoms with Gasteiger partial charge in [0.2, 0.25) is 5.91 Å². The maximum Gasteiger partial charge on any atom is 0.243 e. The molecular weight excluding hydrogens is 375 g/mol. The normalized spacial score (nSPS) is 11.2. The van der Waals surface area contributed by atoms with Crippen molar-refractivity contribution >= 4 is 35.1 Å². The third-order valence-corrected chi connectivity index (χ3v) is 3.83. The summed E-state index contributed by atoms with van der Waals surface area (Å²) in [6.45, 7) is 7.77. The number of guanidine groups is 1. The predicted octanol–water partition coefficient (Wildman–Crippen LogP) is 2.71. The van der Waals surface area contributed by atoms with Gasteiger partial charge in [-0.3, -0.25) is 4.79 Å². The molecule has 0 aliphatic carbocycles. The van der Waals surface area contributed by atoms with Gasteiger partial charge in [0.25, 0.3) is 0 Å². The van der Waals surface area contributed by atoms with E-state index < -0.39 is 0 Å². The van der Waals surface area contributed by atoms with Gasteiger partial charge in [-0.15, -0.1) is 0 Å². The van der Waals surface area contributed by atoms with Crippen molar-refractivity contribution in [3.05, 3.63) is 46.0 Å². The van der Waals surface area contributed by atoms with E-state index in [9.17, 15) is 4.79 Å². The Hall–Kier alpha value is -1.76. The fourth-order valence-corrected chi connectivity index (χ4v) is 2.22. The number of hydrogen-bond acceptors (Lipinski definition) is 3. The molecule has 6 nitrogen and oxygen atoms in total. The van der Waals surface area contributed by atoms with Gasteiger partial charge >= 0.3 is 0 Å². The van der Waals surface area contributed by atoms with Crippen LogP contribution in [0.15, 0.2) is 35.3 Å². The fourth-order valence-electron chi connectivity index (χ4n) is 1.76. The number of nitrogens with one attached hydrogen (secondary N) is 2. The maximum absolute atomic E-state index is 11.7. The lowest BCUT2D eigenvalue weighted by atomic mass is 10.2. The van der Waals surface area contributed by atoms with Gasteiger partial charge < -0.3 is 20.3 Å². The molecule has 0 spiro atoms. The highest BCUT2D eigenvalue weighted by molar-refractivity contribution is 6.35. The quantitative estimate of drug-likeness (QED) is 0.289. The molecule has 1 rings (SSSR count). The van der Waals surface area contributed by atoms with Crippen LogP contribution in [-0.2, 0) is 16.1 Å². The van der Waals surface area contributed by atoms with Crippen LogP contribution >= 0.6 is 23.2 Å². The van der Waals surface area contributed by atoms with Gasteiger partial charge in [-0.1, -0.05) is 41.4 Å². The van der Waals surface area contributed by atoms with Crippen molar-refractivity contribution < 1.29 is 9.53 Å². The van der Waals surface area contributed by atoms with Gasteiger partial charge in [-0.2, -0.15) is 0 Å². The summed E-state index contributed by atoms with van der Waals surface area (Å²) >= 11 is 12.0. The van der Waals surface area contributed by atoms with E-state index in [0.717, 1.165) is 11.1 Å². The predicted molar refractivity (Wildman–Crippen MR) is 108 cm³/mol. The Morgan fingerprint density at radius 3 is 2.65 bits per heavy atom. The molecule has 8 heteroatoms. The van der Waals surface area contributed by atoms with Crippen molar-refractivity contribution in [2.75, 3.05) is 40.3 Å². The fraction of sp³-hybridized carbons (Fsp3) is 0.444. The molecule has 0 saturated heterocycles. The van der Waals surface area contributed by atoms with Gasteiger partial charge in [0.1, 0.15) is 6.54 Å². The minimum absolute atomic E-state index is 0.0692. The Kier molecular flexibility index (Phi) is 10.1. The summed E-state index contributed by atoms with van der Waals surface area (Å²) in [6, 6.07) is 5.30. The monoisotopic (exact) mass is 400 g/mol. The number of carbonyl (C=O) groups excluding carboxylic acids is 1. The standard InChI is InChI=1S/C18H26Cl2N4O2/c1-13(2)10-22-18(23-11-17(25)24(3)4)21-7-8-26-12-14-5-6-15(19)9-16(14)20/h5-6,9H,1,7-8,10-12H2,2-4H3,(H2,21,22,23). The van der Waals surface area contributed by atoms with E-state index >= 15 is 0 Å². The number of likely N-dealkylation sites (N-methyl/N-ethyl adjacent to an activating group) is 1. The second-order valence-electron chi connectivity index (χ2n) is 5.98. The molecule has 2 N–H and O–H groups in total. The lowest BCUT2D eigenvalue weighted by Gasteiger charge is -2.14. The molecule has 0 fully saturated rings. The summed E-state index contributed by atoms with van der Waals surface area (Å²) in [5.41, 5.74) is 1.84. The molecule has 0 radical (unpaired) electrons. The van der Waals surface area contributed by atoms with Crippen molar-refractivity contribution in [3.63, 3.8) is 0 Å². The summed E-state index contributed by atoms with van der Waals surface area (Å²) in [5.74, 6) is 0.464. The van der Waals surface area contributed by atoms with Gasteiger partial charge in [0, 0.05) is 37.2 Å². The first-order chi connectivity index (χ1) is 12.3. The first-order valence-electron chi connectivity index (χ1n) is 8.18. The highest BCUT2D eigenvalue weighted by Gasteiger charge is 2.05. The zero-order valence-electron chi connectivity index (χ0n) is 15.4. The number of benzene rings is 1. The average Bonchev–Trinajstić information content (AvgIpc) is 2.57. The number of rotatable bonds is 9. The molecule has 0 aromatic heterocycles. The summed E-state index contributed by atoms with van der Waals surface area (Å²) < 4.78 is 5.61. The van der Waals surface area contributed by atoms with E-state index in [2.05, 4.69) is 22.2 Å². The molecule has 0 heterocycles. The molecule has 0 atom stereocenters. The third kappa shape index (κ3) is 9.08. The van der Waals surface area contributed by atoms with E-state index in [-0.39, 0.29) is 12.5 Å². The van der Waals surface area contributed by atoms with Crippen LogP contribution < -0.4 is 10.6 Å². The first-order valence-corrected chi connectivity index (χ1v) is 8.93. The molecular formula is C18H26Cl2N4O2. The Morgan fingerprint density at radius 1 is 1.31 bits per heavy atom. The molecule has 26 heavy (non-hydrogen) atoms. The molecule has 1 aromatic rings. The molecule has 1 amide bonds. The smallest absolute Gasteiger partial charge is 0.243 e. The minimum Gasteiger partial charge on any atom is -0.375 e. The molecule has 0 aliphatic rings. The number of nitrogens with zero attached hydrogens (tertiary/aromatic N) is 2. The van der Waals surface area contributed by atoms with Crippen LogP contribution in [0.5, 0.6) is 0 Å². The minimum atomic E-state index is -0.0740. The van der Waals surface area contributed by atoms with Gasteiger partial charge in [-0.05, 0) is 24.6 Å². The average molecular weight is 401 g/mol. The zero-order chi connectivity index (χ0) is 19.5. The summed E-state index contributed by atoms with van der Waals surface area (Å²) in [6.07, 6.45) is 0. The zero-order valence-corrected chi connectivity index (χ0v) is 17.0. The van der Waals surface area contributed by atoms with Crippen LogP contribution in [0.2, 0.25) is 10.0 Å². The Morgan fingerprint density at radius 2 is 2.04 bits per heavy atom. The van der Waals surface area contributed by atoms with E-state index in [4.69, 9.17) is 27.9 Å². The van der Waals surface area contributed by atoms with Crippen LogP contribution in [0.1, 0.15) is 12.5 Å². The molecule has 0 bridgehead atoms. The number of ether oxygens (including phenoxy) is 1. The van der Waals surface area contributed by atoms with Gasteiger partial charge in [0.05, 0.1) is 13.2 Å². The Balaban J connectivity index is 2.43. The number of hydrogen-bond donors (Lipinski definition) is 2. The van der Waals surface area contributed by atoms with Crippen molar-refractivity contribution in [2.24, 2.45) is 4.99 Å². The molecule has 0 saturated carbocycles. The second-order valence-corrected chi connectivity index (χ2v) is 6.82. The van der Waals surface area contributed by atoms with E-state index in [1.54, 1.807) is 26.2 Å². The molecule has 144 valence electrons. The van der Waals surface area contributed by atoms with Crippen molar-refractivity contribution in [1.29, 1.82) is 0 Å². The molecule has 0 unspecified atom stereocenters. The number of carbonyl (C=O) groups is 1. The number of halogens is 2. The van der Waals surface area contributed by atoms with Gasteiger partial charge in [-0.25, -0.2) is 4.99 Å². The van der Waals surface area contributed by atoms with Crippen LogP contribution in [-0.4, -0.2) is 57.1 Å². The van der Waals surface area contributed by atoms with Crippen molar-refractivity contribution in [3.8, 4) is 0 Å². The summed E-state index contributed by atoms with van der Waals surface area (Å²) in [7, 11) is 3.39. The second kappa shape index (κ2) is 11.8. The summed E-state index contributed by atoms with van der Waals surface area (Å²) in [4.78, 5) is 17.4. The van der Waals surface area contributed by atoms with Crippen LogP contribution in [0, 0.1) is 0 Å². The topological polar surface area (TPSA) is 66.0 Å². The third-order valence-electron chi connectivity index (χ3n) is 3.24. The highest BCUT2D eigenvalue weighted by atomic mass is 35.5. The highest BCUT2D eigenvalue weighted by Crippen LogP contribution is 2.21. The van der Waals surface area contributed by atoms with E-state index in [1.807, 2.05) is 13.0 Å². The summed E-state index contributed by atoms with van der Waals surface area (Å²) in [5, 5.41) is 7.42. The SMILES string of the molecule is C=C(C)CNC(=NCC(=O)N(C)C)NCCOCc1ccc(Cl)cc1Cl. The van der Waals surface area contributed by atoms with Crippen LogP contribution in [0.4, 0.5) is 0 Å². The van der Waals surface area contributed by atoms with Crippen LogP contribution in [0.25, 0.3) is 0 Å². The molecule has 0 aliphatic heterocycles. The van der Waals surface area contributed by atoms with Gasteiger partial charge in [0.15, 0.2) is 5.96 Å². The first kappa shape index (κ1) is 22.3. The maximum atomic E-state index is 11.7. The Labute approximate surface area is 165 Å². The van der Waals surface area contributed by atoms with E-state index in [1.165, 1.54) is 4.90 Å². The molecule has 1 aromatic carbocycles. The van der Waals surface area contributed by atoms with Crippen molar-refractivity contribution in [2.45, 2.75) is 13.5 Å². The Bertz CT molecular complexity index is 648. The number of aliphatic imine (C=N–C) groups is 1. The van der Waals surface area contributed by atoms with Crippen LogP contribution in [0.3, 0.4) is 0 Å². The lowest BCUT2D eigenvalue weighted by Crippen LogP contribution is -2.40. The van der Waals surface area contributed by atoms with Crippen molar-refractivity contribution in [1.82, 2.24) is 15.5 Å². The lowest BCUT2D eigenvalue weighted by molar-refractivity contribution is -0.127.